The van der Waals surface area contributed by atoms with Gasteiger partial charge >= 0.3 is 0 Å². The lowest BCUT2D eigenvalue weighted by atomic mass is 9.78. The fourth-order valence-electron chi connectivity index (χ4n) is 4.84. The third-order valence-electron chi connectivity index (χ3n) is 6.00. The van der Waals surface area contributed by atoms with Gasteiger partial charge in [-0.05, 0) is 51.0 Å². The number of fused-ring (bicyclic) bond motifs is 1. The average Bonchev–Trinajstić information content (AvgIpc) is 2.56. The summed E-state index contributed by atoms with van der Waals surface area (Å²) in [6, 6.07) is 3.00. The summed E-state index contributed by atoms with van der Waals surface area (Å²) in [5.74, 6) is 0.865. The van der Waals surface area contributed by atoms with Crippen molar-refractivity contribution in [2.75, 3.05) is 13.1 Å². The van der Waals surface area contributed by atoms with Crippen molar-refractivity contribution < 1.29 is 4.79 Å². The van der Waals surface area contributed by atoms with Crippen LogP contribution in [0.3, 0.4) is 0 Å². The number of likely N-dealkylation sites (tertiary alicyclic amines) is 1. The monoisotopic (exact) mass is 303 g/mol. The highest BCUT2D eigenvalue weighted by Gasteiger charge is 2.37. The topological polar surface area (TPSA) is 56.1 Å². The highest BCUT2D eigenvalue weighted by atomic mass is 16.2. The van der Waals surface area contributed by atoms with E-state index in [9.17, 15) is 10.1 Å². The van der Waals surface area contributed by atoms with E-state index in [1.54, 1.807) is 0 Å². The summed E-state index contributed by atoms with van der Waals surface area (Å²) in [7, 11) is 0. The predicted octanol–water partition coefficient (Wildman–Crippen LogP) is 2.98. The van der Waals surface area contributed by atoms with Crippen LogP contribution in [0.25, 0.3) is 0 Å². The zero-order valence-corrected chi connectivity index (χ0v) is 13.6. The highest BCUT2D eigenvalue weighted by Crippen LogP contribution is 2.35. The molecule has 2 unspecified atom stereocenters. The summed E-state index contributed by atoms with van der Waals surface area (Å²) >= 11 is 0. The van der Waals surface area contributed by atoms with Crippen LogP contribution < -0.4 is 5.32 Å². The molecule has 2 saturated carbocycles. The van der Waals surface area contributed by atoms with Crippen LogP contribution in [0.15, 0.2) is 0 Å². The second kappa shape index (κ2) is 7.00. The van der Waals surface area contributed by atoms with Crippen molar-refractivity contribution >= 4 is 5.91 Å². The maximum Gasteiger partial charge on any atom is 0.235 e. The Morgan fingerprint density at radius 2 is 1.82 bits per heavy atom. The number of nitriles is 1. The summed E-state index contributed by atoms with van der Waals surface area (Å²) in [4.78, 5) is 14.9. The minimum atomic E-state index is -0.586. The van der Waals surface area contributed by atoms with Gasteiger partial charge in [0, 0.05) is 6.04 Å². The van der Waals surface area contributed by atoms with Gasteiger partial charge in [0.2, 0.25) is 5.91 Å². The Bertz CT molecular complexity index is 434. The lowest BCUT2D eigenvalue weighted by Gasteiger charge is -2.44. The molecule has 1 heterocycles. The number of nitrogens with one attached hydrogen (secondary N) is 1. The van der Waals surface area contributed by atoms with Gasteiger partial charge < -0.3 is 5.32 Å². The largest absolute Gasteiger partial charge is 0.337 e. The molecule has 1 amide bonds. The van der Waals surface area contributed by atoms with E-state index in [0.717, 1.165) is 38.1 Å². The molecular weight excluding hydrogens is 274 g/mol. The molecule has 2 atom stereocenters. The van der Waals surface area contributed by atoms with Crippen LogP contribution in [-0.4, -0.2) is 35.5 Å². The quantitative estimate of drug-likeness (QED) is 0.872. The molecule has 4 heteroatoms. The van der Waals surface area contributed by atoms with E-state index in [1.165, 1.54) is 44.9 Å². The molecule has 1 saturated heterocycles. The van der Waals surface area contributed by atoms with E-state index in [1.807, 2.05) is 0 Å². The number of carbonyl (C=O) groups is 1. The normalized spacial score (nSPS) is 31.8. The first-order valence-corrected chi connectivity index (χ1v) is 9.19. The van der Waals surface area contributed by atoms with Gasteiger partial charge in [-0.25, -0.2) is 0 Å². The standard InChI is InChI=1S/C18H29N3O/c19-14-18(10-4-1-5-11-18)20-17(22)13-21-12-6-8-15-7-2-3-9-16(15)21/h15-16H,1-13H2,(H,20,22). The molecule has 0 aromatic carbocycles. The molecule has 3 aliphatic rings. The van der Waals surface area contributed by atoms with Crippen molar-refractivity contribution in [1.82, 2.24) is 10.2 Å². The summed E-state index contributed by atoms with van der Waals surface area (Å²) in [5, 5.41) is 12.6. The van der Waals surface area contributed by atoms with Crippen molar-refractivity contribution in [3.05, 3.63) is 0 Å². The van der Waals surface area contributed by atoms with Gasteiger partial charge in [0.05, 0.1) is 12.6 Å². The molecule has 22 heavy (non-hydrogen) atoms. The summed E-state index contributed by atoms with van der Waals surface area (Å²) in [6.07, 6.45) is 12.8. The van der Waals surface area contributed by atoms with E-state index >= 15 is 0 Å². The Labute approximate surface area is 134 Å². The van der Waals surface area contributed by atoms with Crippen LogP contribution in [0, 0.1) is 17.2 Å². The molecule has 3 rings (SSSR count). The molecule has 1 N–H and O–H groups in total. The molecule has 0 aromatic heterocycles. The van der Waals surface area contributed by atoms with E-state index in [-0.39, 0.29) is 5.91 Å². The SMILES string of the molecule is N#CC1(NC(=O)CN2CCCC3CCCCC32)CCCCC1. The first-order chi connectivity index (χ1) is 10.7. The van der Waals surface area contributed by atoms with E-state index in [4.69, 9.17) is 0 Å². The van der Waals surface area contributed by atoms with E-state index in [0.29, 0.717) is 12.6 Å². The molecule has 3 fully saturated rings. The highest BCUT2D eigenvalue weighted by molar-refractivity contribution is 5.79. The zero-order valence-electron chi connectivity index (χ0n) is 13.6. The van der Waals surface area contributed by atoms with Crippen LogP contribution in [0.4, 0.5) is 0 Å². The van der Waals surface area contributed by atoms with Crippen LogP contribution in [0.2, 0.25) is 0 Å². The van der Waals surface area contributed by atoms with Crippen molar-refractivity contribution in [1.29, 1.82) is 5.26 Å². The van der Waals surface area contributed by atoms with Crippen molar-refractivity contribution in [2.24, 2.45) is 5.92 Å². The van der Waals surface area contributed by atoms with Gasteiger partial charge in [-0.2, -0.15) is 5.26 Å². The number of amides is 1. The number of piperidine rings is 1. The Morgan fingerprint density at radius 1 is 1.09 bits per heavy atom. The number of hydrogen-bond donors (Lipinski definition) is 1. The molecule has 0 radical (unpaired) electrons. The molecule has 0 spiro atoms. The third kappa shape index (κ3) is 3.46. The zero-order chi connectivity index (χ0) is 15.4. The van der Waals surface area contributed by atoms with Crippen LogP contribution in [0.5, 0.6) is 0 Å². The fourth-order valence-corrected chi connectivity index (χ4v) is 4.84. The summed E-state index contributed by atoms with van der Waals surface area (Å²) in [5.41, 5.74) is -0.586. The summed E-state index contributed by atoms with van der Waals surface area (Å²) < 4.78 is 0. The second-order valence-corrected chi connectivity index (χ2v) is 7.53. The average molecular weight is 303 g/mol. The predicted molar refractivity (Wildman–Crippen MR) is 86.1 cm³/mol. The van der Waals surface area contributed by atoms with Gasteiger partial charge in [-0.15, -0.1) is 0 Å². The van der Waals surface area contributed by atoms with E-state index in [2.05, 4.69) is 16.3 Å². The number of carbonyl (C=O) groups excluding carboxylic acids is 1. The minimum Gasteiger partial charge on any atom is -0.337 e. The van der Waals surface area contributed by atoms with Gasteiger partial charge in [0.25, 0.3) is 0 Å². The first-order valence-electron chi connectivity index (χ1n) is 9.19. The molecule has 0 bridgehead atoms. The minimum absolute atomic E-state index is 0.0645. The van der Waals surface area contributed by atoms with Gasteiger partial charge in [-0.3, -0.25) is 9.69 Å². The maximum atomic E-state index is 12.5. The molecule has 122 valence electrons. The van der Waals surface area contributed by atoms with Crippen molar-refractivity contribution in [3.8, 4) is 6.07 Å². The van der Waals surface area contributed by atoms with Crippen LogP contribution in [0.1, 0.15) is 70.6 Å². The Kier molecular flexibility index (Phi) is 5.03. The molecule has 2 aliphatic carbocycles. The Morgan fingerprint density at radius 3 is 2.59 bits per heavy atom. The molecular formula is C18H29N3O. The fraction of sp³-hybridized carbons (Fsp3) is 0.889. The first kappa shape index (κ1) is 15.8. The molecule has 0 aromatic rings. The van der Waals surface area contributed by atoms with Gasteiger partial charge in [0.1, 0.15) is 5.54 Å². The molecule has 4 nitrogen and oxygen atoms in total. The van der Waals surface area contributed by atoms with Crippen LogP contribution >= 0.6 is 0 Å². The number of hydrogen-bond acceptors (Lipinski definition) is 3. The van der Waals surface area contributed by atoms with Crippen molar-refractivity contribution in [3.63, 3.8) is 0 Å². The lowest BCUT2D eigenvalue weighted by Crippen LogP contribution is -2.55. The number of nitrogens with zero attached hydrogens (tertiary/aromatic N) is 2. The Balaban J connectivity index is 1.57. The second-order valence-electron chi connectivity index (χ2n) is 7.53. The Hall–Kier alpha value is -1.08. The smallest absolute Gasteiger partial charge is 0.235 e. The van der Waals surface area contributed by atoms with Gasteiger partial charge in [-0.1, -0.05) is 32.1 Å². The summed E-state index contributed by atoms with van der Waals surface area (Å²) in [6.45, 7) is 1.54. The van der Waals surface area contributed by atoms with E-state index < -0.39 is 5.54 Å². The van der Waals surface area contributed by atoms with Gasteiger partial charge in [0.15, 0.2) is 0 Å². The number of rotatable bonds is 3. The van der Waals surface area contributed by atoms with Crippen LogP contribution in [-0.2, 0) is 4.79 Å². The maximum absolute atomic E-state index is 12.5. The molecule has 1 aliphatic heterocycles. The third-order valence-corrected chi connectivity index (χ3v) is 6.00. The lowest BCUT2D eigenvalue weighted by molar-refractivity contribution is -0.125. The van der Waals surface area contributed by atoms with Crippen molar-refractivity contribution in [2.45, 2.75) is 82.2 Å².